The van der Waals surface area contributed by atoms with Crippen LogP contribution >= 0.6 is 12.2 Å². The van der Waals surface area contributed by atoms with Crippen LogP contribution in [0.3, 0.4) is 0 Å². The molecule has 9 nitrogen and oxygen atoms in total. The van der Waals surface area contributed by atoms with Crippen LogP contribution in [0.5, 0.6) is 5.75 Å². The average molecular weight is 504 g/mol. The molecule has 0 saturated carbocycles. The molecule has 3 amide bonds. The number of ether oxygens (including phenoxy) is 1. The van der Waals surface area contributed by atoms with Crippen LogP contribution in [0.2, 0.25) is 0 Å². The lowest BCUT2D eigenvalue weighted by Crippen LogP contribution is -2.50. The van der Waals surface area contributed by atoms with Crippen molar-refractivity contribution in [2.24, 2.45) is 0 Å². The number of benzene rings is 2. The fraction of sp³-hybridized carbons (Fsp3) is 0.192. The van der Waals surface area contributed by atoms with Gasteiger partial charge in [0.05, 0.1) is 24.8 Å². The summed E-state index contributed by atoms with van der Waals surface area (Å²) in [5, 5.41) is 4.18. The molecule has 184 valence electrons. The standard InChI is InChI=1S/C26H25N5O4S/c1-35-21-11-9-20(10-12-21)30-25(34)22(16-23(32)28-15-13-18-6-3-2-4-7-18)31(26(30)36)29-24(33)19-8-5-14-27-17-19/h2-12,14,17,22H,13,15-16H2,1H3,(H,28,32)(H,29,33). The summed E-state index contributed by atoms with van der Waals surface area (Å²) in [7, 11) is 1.54. The normalized spacial score (nSPS) is 15.1. The highest BCUT2D eigenvalue weighted by Crippen LogP contribution is 2.27. The van der Waals surface area contributed by atoms with Gasteiger partial charge in [0, 0.05) is 18.9 Å². The second kappa shape index (κ2) is 11.4. The number of methoxy groups -OCH3 is 1. The zero-order chi connectivity index (χ0) is 25.5. The van der Waals surface area contributed by atoms with Gasteiger partial charge in [0.1, 0.15) is 11.8 Å². The molecular weight excluding hydrogens is 478 g/mol. The lowest BCUT2D eigenvalue weighted by Gasteiger charge is -2.24. The fourth-order valence-electron chi connectivity index (χ4n) is 3.78. The molecule has 0 aliphatic carbocycles. The highest BCUT2D eigenvalue weighted by Gasteiger charge is 2.45. The van der Waals surface area contributed by atoms with Crippen molar-refractivity contribution < 1.29 is 19.1 Å². The van der Waals surface area contributed by atoms with Gasteiger partial charge < -0.3 is 10.1 Å². The Morgan fingerprint density at radius 3 is 2.47 bits per heavy atom. The smallest absolute Gasteiger partial charge is 0.271 e. The zero-order valence-electron chi connectivity index (χ0n) is 19.6. The predicted octanol–water partition coefficient (Wildman–Crippen LogP) is 2.49. The average Bonchev–Trinajstić information content (AvgIpc) is 3.13. The Morgan fingerprint density at radius 1 is 1.06 bits per heavy atom. The van der Waals surface area contributed by atoms with Gasteiger partial charge >= 0.3 is 0 Å². The van der Waals surface area contributed by atoms with Crippen molar-refractivity contribution in [3.8, 4) is 5.75 Å². The predicted molar refractivity (Wildman–Crippen MR) is 138 cm³/mol. The third-order valence-electron chi connectivity index (χ3n) is 5.65. The van der Waals surface area contributed by atoms with E-state index in [1.807, 2.05) is 30.3 Å². The van der Waals surface area contributed by atoms with E-state index in [2.05, 4.69) is 15.7 Å². The number of aromatic nitrogens is 1. The lowest BCUT2D eigenvalue weighted by atomic mass is 10.1. The van der Waals surface area contributed by atoms with Crippen LogP contribution in [0, 0.1) is 0 Å². The molecule has 1 atom stereocenters. The molecule has 2 aromatic carbocycles. The number of hydrogen-bond donors (Lipinski definition) is 2. The van der Waals surface area contributed by atoms with Crippen LogP contribution in [0.25, 0.3) is 0 Å². The molecule has 1 unspecified atom stereocenters. The molecule has 10 heteroatoms. The number of pyridine rings is 1. The van der Waals surface area contributed by atoms with Gasteiger partial charge in [0.25, 0.3) is 11.8 Å². The number of carbonyl (C=O) groups excluding carboxylic acids is 3. The van der Waals surface area contributed by atoms with Crippen LogP contribution in [0.15, 0.2) is 79.1 Å². The maximum absolute atomic E-state index is 13.5. The van der Waals surface area contributed by atoms with E-state index in [1.54, 1.807) is 49.7 Å². The van der Waals surface area contributed by atoms with Gasteiger partial charge in [-0.25, -0.2) is 5.01 Å². The molecule has 0 bridgehead atoms. The van der Waals surface area contributed by atoms with Gasteiger partial charge in [-0.3, -0.25) is 29.7 Å². The van der Waals surface area contributed by atoms with E-state index >= 15 is 0 Å². The Morgan fingerprint density at radius 2 is 1.81 bits per heavy atom. The summed E-state index contributed by atoms with van der Waals surface area (Å²) < 4.78 is 5.19. The van der Waals surface area contributed by atoms with Gasteiger partial charge in [-0.1, -0.05) is 30.3 Å². The minimum absolute atomic E-state index is 0.0597. The first-order chi connectivity index (χ1) is 17.5. The number of hydrazine groups is 1. The van der Waals surface area contributed by atoms with E-state index in [9.17, 15) is 14.4 Å². The van der Waals surface area contributed by atoms with Crippen LogP contribution in [-0.4, -0.2) is 52.5 Å². The third kappa shape index (κ3) is 5.66. The van der Waals surface area contributed by atoms with Crippen molar-refractivity contribution in [2.75, 3.05) is 18.6 Å². The molecular formula is C26H25N5O4S. The second-order valence-electron chi connectivity index (χ2n) is 8.01. The number of hydrogen-bond acceptors (Lipinski definition) is 6. The van der Waals surface area contributed by atoms with Crippen molar-refractivity contribution in [1.82, 2.24) is 20.7 Å². The quantitative estimate of drug-likeness (QED) is 0.433. The summed E-state index contributed by atoms with van der Waals surface area (Å²) in [4.78, 5) is 44.3. The molecule has 1 aromatic heterocycles. The Labute approximate surface area is 214 Å². The molecule has 0 radical (unpaired) electrons. The van der Waals surface area contributed by atoms with Crippen LogP contribution in [0.4, 0.5) is 5.69 Å². The first-order valence-corrected chi connectivity index (χ1v) is 11.7. The van der Waals surface area contributed by atoms with Gasteiger partial charge in [-0.15, -0.1) is 0 Å². The van der Waals surface area contributed by atoms with E-state index in [1.165, 1.54) is 16.1 Å². The SMILES string of the molecule is COc1ccc(N2C(=O)C(CC(=O)NCCc3ccccc3)N(NC(=O)c3cccnc3)C2=S)cc1. The molecule has 1 aliphatic heterocycles. The summed E-state index contributed by atoms with van der Waals surface area (Å²) in [6, 6.07) is 18.7. The van der Waals surface area contributed by atoms with E-state index in [-0.39, 0.29) is 17.4 Å². The van der Waals surface area contributed by atoms with Crippen molar-refractivity contribution in [2.45, 2.75) is 18.9 Å². The second-order valence-corrected chi connectivity index (χ2v) is 8.38. The molecule has 1 saturated heterocycles. The molecule has 2 heterocycles. The Kier molecular flexibility index (Phi) is 7.86. The molecule has 1 fully saturated rings. The van der Waals surface area contributed by atoms with Crippen molar-refractivity contribution in [1.29, 1.82) is 0 Å². The minimum Gasteiger partial charge on any atom is -0.497 e. The molecule has 1 aliphatic rings. The first-order valence-electron chi connectivity index (χ1n) is 11.3. The summed E-state index contributed by atoms with van der Waals surface area (Å²) in [6.07, 6.45) is 3.42. The lowest BCUT2D eigenvalue weighted by molar-refractivity contribution is -0.127. The van der Waals surface area contributed by atoms with E-state index in [0.717, 1.165) is 5.56 Å². The minimum atomic E-state index is -1.02. The summed E-state index contributed by atoms with van der Waals surface area (Å²) in [5.74, 6) is -0.629. The number of rotatable bonds is 9. The highest BCUT2D eigenvalue weighted by molar-refractivity contribution is 7.80. The van der Waals surface area contributed by atoms with E-state index in [0.29, 0.717) is 30.0 Å². The monoisotopic (exact) mass is 503 g/mol. The van der Waals surface area contributed by atoms with Gasteiger partial charge in [0.15, 0.2) is 0 Å². The number of thiocarbonyl (C=S) groups is 1. The number of amides is 3. The Bertz CT molecular complexity index is 1240. The van der Waals surface area contributed by atoms with E-state index in [4.69, 9.17) is 17.0 Å². The van der Waals surface area contributed by atoms with Crippen molar-refractivity contribution in [3.63, 3.8) is 0 Å². The highest BCUT2D eigenvalue weighted by atomic mass is 32.1. The summed E-state index contributed by atoms with van der Waals surface area (Å²) in [6.45, 7) is 0.415. The fourth-order valence-corrected chi connectivity index (χ4v) is 4.15. The topological polar surface area (TPSA) is 104 Å². The van der Waals surface area contributed by atoms with Crippen molar-refractivity contribution in [3.05, 3.63) is 90.3 Å². The van der Waals surface area contributed by atoms with Gasteiger partial charge in [-0.05, 0) is 60.6 Å². The van der Waals surface area contributed by atoms with Gasteiger partial charge in [0.2, 0.25) is 11.0 Å². The number of nitrogens with one attached hydrogen (secondary N) is 2. The third-order valence-corrected chi connectivity index (χ3v) is 6.03. The van der Waals surface area contributed by atoms with Crippen molar-refractivity contribution >= 4 is 40.7 Å². The van der Waals surface area contributed by atoms with E-state index < -0.39 is 17.9 Å². The van der Waals surface area contributed by atoms with Crippen LogP contribution < -0.4 is 20.4 Å². The zero-order valence-corrected chi connectivity index (χ0v) is 20.4. The molecule has 0 spiro atoms. The molecule has 3 aromatic rings. The number of nitrogens with zero attached hydrogens (tertiary/aromatic N) is 3. The summed E-state index contributed by atoms with van der Waals surface area (Å²) >= 11 is 5.57. The number of anilines is 1. The molecule has 2 N–H and O–H groups in total. The number of carbonyl (C=O) groups is 3. The Balaban J connectivity index is 1.51. The maximum Gasteiger partial charge on any atom is 0.271 e. The summed E-state index contributed by atoms with van der Waals surface area (Å²) in [5.41, 5.74) is 4.56. The van der Waals surface area contributed by atoms with Crippen LogP contribution in [0.1, 0.15) is 22.3 Å². The largest absolute Gasteiger partial charge is 0.497 e. The Hall–Kier alpha value is -4.31. The molecule has 36 heavy (non-hydrogen) atoms. The van der Waals surface area contributed by atoms with Gasteiger partial charge in [-0.2, -0.15) is 0 Å². The first kappa shape index (κ1) is 24.8. The molecule has 4 rings (SSSR count). The maximum atomic E-state index is 13.5. The van der Waals surface area contributed by atoms with Crippen LogP contribution in [-0.2, 0) is 16.0 Å².